The molecule has 1 aromatic heterocycles. The number of alkyl halides is 2. The minimum absolute atomic E-state index is 0.255. The van der Waals surface area contributed by atoms with Crippen molar-refractivity contribution in [2.45, 2.75) is 33.2 Å². The number of rotatable bonds is 4. The molecule has 0 saturated carbocycles. The molecule has 0 aliphatic rings. The quantitative estimate of drug-likeness (QED) is 0.748. The van der Waals surface area contributed by atoms with Gasteiger partial charge in [0.05, 0.1) is 6.61 Å². The third kappa shape index (κ3) is 2.56. The lowest BCUT2D eigenvalue weighted by atomic mass is 10.3. The number of esters is 1. The Morgan fingerprint density at radius 2 is 2.25 bits per heavy atom. The molecule has 1 heterocycles. The van der Waals surface area contributed by atoms with Gasteiger partial charge in [-0.25, -0.2) is 13.6 Å². The normalized spacial score (nSPS) is 12.9. The van der Waals surface area contributed by atoms with E-state index in [4.69, 9.17) is 4.74 Å². The zero-order valence-electron chi connectivity index (χ0n) is 9.41. The highest BCUT2D eigenvalue weighted by Gasteiger charge is 2.21. The second-order valence-electron chi connectivity index (χ2n) is 3.38. The summed E-state index contributed by atoms with van der Waals surface area (Å²) >= 11 is 0. The molecule has 0 N–H and O–H groups in total. The summed E-state index contributed by atoms with van der Waals surface area (Å²) in [4.78, 5) is 11.4. The summed E-state index contributed by atoms with van der Waals surface area (Å²) in [5.74, 6) is -0.477. The van der Waals surface area contributed by atoms with Gasteiger partial charge in [0.1, 0.15) is 11.7 Å². The Morgan fingerprint density at radius 3 is 2.69 bits per heavy atom. The van der Waals surface area contributed by atoms with Crippen molar-refractivity contribution in [1.82, 2.24) is 9.78 Å². The van der Waals surface area contributed by atoms with Gasteiger partial charge in [0.25, 0.3) is 6.43 Å². The van der Waals surface area contributed by atoms with Crippen LogP contribution in [0.15, 0.2) is 6.07 Å². The fraction of sp³-hybridized carbons (Fsp3) is 0.600. The summed E-state index contributed by atoms with van der Waals surface area (Å²) in [7, 11) is 0. The van der Waals surface area contributed by atoms with E-state index in [1.807, 2.05) is 0 Å². The molecule has 0 fully saturated rings. The van der Waals surface area contributed by atoms with Crippen LogP contribution in [0.1, 0.15) is 37.7 Å². The first-order valence-electron chi connectivity index (χ1n) is 4.98. The van der Waals surface area contributed by atoms with Crippen molar-refractivity contribution in [3.63, 3.8) is 0 Å². The molecule has 0 bridgehead atoms. The van der Waals surface area contributed by atoms with Gasteiger partial charge < -0.3 is 4.74 Å². The molecule has 1 rings (SSSR count). The van der Waals surface area contributed by atoms with E-state index in [0.29, 0.717) is 5.69 Å². The molecule has 0 unspecified atom stereocenters. The van der Waals surface area contributed by atoms with Crippen molar-refractivity contribution in [2.24, 2.45) is 0 Å². The summed E-state index contributed by atoms with van der Waals surface area (Å²) in [5.41, 5.74) is 0.185. The third-order valence-corrected chi connectivity index (χ3v) is 2.16. The second kappa shape index (κ2) is 5.05. The number of ether oxygens (including phenoxy) is 1. The van der Waals surface area contributed by atoms with Crippen LogP contribution in [0.25, 0.3) is 0 Å². The van der Waals surface area contributed by atoms with E-state index in [1.54, 1.807) is 20.8 Å². The molecule has 0 aromatic carbocycles. The molecule has 0 saturated heterocycles. The van der Waals surface area contributed by atoms with E-state index in [-0.39, 0.29) is 12.3 Å². The Balaban J connectivity index is 2.91. The number of nitrogens with zero attached hydrogens (tertiary/aromatic N) is 2. The monoisotopic (exact) mass is 232 g/mol. The molecule has 4 nitrogen and oxygen atoms in total. The smallest absolute Gasteiger partial charge is 0.330 e. The zero-order chi connectivity index (χ0) is 12.3. The highest BCUT2D eigenvalue weighted by Crippen LogP contribution is 2.20. The first kappa shape index (κ1) is 12.6. The van der Waals surface area contributed by atoms with E-state index in [2.05, 4.69) is 5.10 Å². The average Bonchev–Trinajstić information content (AvgIpc) is 2.60. The highest BCUT2D eigenvalue weighted by atomic mass is 19.3. The Hall–Kier alpha value is -1.46. The van der Waals surface area contributed by atoms with Crippen LogP contribution in [0.5, 0.6) is 0 Å². The van der Waals surface area contributed by atoms with Gasteiger partial charge in [0.15, 0.2) is 0 Å². The molecule has 1 atom stereocenters. The lowest BCUT2D eigenvalue weighted by Crippen LogP contribution is -2.21. The van der Waals surface area contributed by atoms with Crippen LogP contribution in [0.4, 0.5) is 8.78 Å². The lowest BCUT2D eigenvalue weighted by Gasteiger charge is -2.12. The molecule has 16 heavy (non-hydrogen) atoms. The number of carbonyl (C=O) groups excluding carboxylic acids is 1. The minimum atomic E-state index is -2.63. The fourth-order valence-electron chi connectivity index (χ4n) is 1.37. The number of aryl methyl sites for hydroxylation is 1. The van der Waals surface area contributed by atoms with Gasteiger partial charge in [-0.1, -0.05) is 0 Å². The minimum Gasteiger partial charge on any atom is -0.464 e. The molecule has 0 amide bonds. The predicted molar refractivity (Wildman–Crippen MR) is 53.3 cm³/mol. The lowest BCUT2D eigenvalue weighted by molar-refractivity contribution is -0.146. The van der Waals surface area contributed by atoms with Gasteiger partial charge in [0.2, 0.25) is 0 Å². The maximum atomic E-state index is 12.4. The van der Waals surface area contributed by atoms with Gasteiger partial charge >= 0.3 is 5.97 Å². The molecule has 0 radical (unpaired) electrons. The SMILES string of the molecule is CCOC(=O)[C@@H](C)n1nc(C(F)F)cc1C. The Kier molecular flexibility index (Phi) is 3.98. The van der Waals surface area contributed by atoms with Crippen LogP contribution >= 0.6 is 0 Å². The molecule has 0 spiro atoms. The first-order valence-corrected chi connectivity index (χ1v) is 4.98. The summed E-state index contributed by atoms with van der Waals surface area (Å²) in [6.07, 6.45) is -2.63. The molecule has 6 heteroatoms. The van der Waals surface area contributed by atoms with E-state index in [1.165, 1.54) is 10.7 Å². The second-order valence-corrected chi connectivity index (χ2v) is 3.38. The largest absolute Gasteiger partial charge is 0.464 e. The topological polar surface area (TPSA) is 44.1 Å². The average molecular weight is 232 g/mol. The zero-order valence-corrected chi connectivity index (χ0v) is 9.41. The molecular formula is C10H14F2N2O2. The Morgan fingerprint density at radius 1 is 1.62 bits per heavy atom. The standard InChI is InChI=1S/C10H14F2N2O2/c1-4-16-10(15)7(3)14-6(2)5-8(13-14)9(11)12/h5,7,9H,4H2,1-3H3/t7-/m1/s1. The van der Waals surface area contributed by atoms with Crippen molar-refractivity contribution in [3.8, 4) is 0 Å². The van der Waals surface area contributed by atoms with Crippen LogP contribution in [-0.2, 0) is 9.53 Å². The van der Waals surface area contributed by atoms with E-state index < -0.39 is 18.4 Å². The number of halogens is 2. The van der Waals surface area contributed by atoms with E-state index in [9.17, 15) is 13.6 Å². The first-order chi connectivity index (χ1) is 7.47. The van der Waals surface area contributed by atoms with Gasteiger partial charge in [-0.3, -0.25) is 4.68 Å². The van der Waals surface area contributed by atoms with Crippen LogP contribution in [0.2, 0.25) is 0 Å². The molecule has 1 aromatic rings. The third-order valence-electron chi connectivity index (χ3n) is 2.16. The number of aromatic nitrogens is 2. The summed E-state index contributed by atoms with van der Waals surface area (Å²) in [5, 5.41) is 3.68. The molecule has 90 valence electrons. The van der Waals surface area contributed by atoms with Crippen LogP contribution in [0.3, 0.4) is 0 Å². The van der Waals surface area contributed by atoms with Gasteiger partial charge in [-0.05, 0) is 26.8 Å². The summed E-state index contributed by atoms with van der Waals surface area (Å²) in [6, 6.07) is 0.577. The number of carbonyl (C=O) groups is 1. The van der Waals surface area contributed by atoms with Crippen LogP contribution < -0.4 is 0 Å². The molecule has 0 aliphatic carbocycles. The number of hydrogen-bond acceptors (Lipinski definition) is 3. The van der Waals surface area contributed by atoms with Crippen molar-refractivity contribution >= 4 is 5.97 Å². The van der Waals surface area contributed by atoms with Crippen molar-refractivity contribution in [3.05, 3.63) is 17.5 Å². The summed E-state index contributed by atoms with van der Waals surface area (Å²) in [6.45, 7) is 5.12. The molecular weight excluding hydrogens is 218 g/mol. The van der Waals surface area contributed by atoms with Crippen molar-refractivity contribution in [2.75, 3.05) is 6.61 Å². The molecule has 0 aliphatic heterocycles. The van der Waals surface area contributed by atoms with E-state index in [0.717, 1.165) is 0 Å². The van der Waals surface area contributed by atoms with Crippen LogP contribution in [0, 0.1) is 6.92 Å². The maximum Gasteiger partial charge on any atom is 0.330 e. The van der Waals surface area contributed by atoms with Crippen molar-refractivity contribution < 1.29 is 18.3 Å². The van der Waals surface area contributed by atoms with Crippen molar-refractivity contribution in [1.29, 1.82) is 0 Å². The Labute approximate surface area is 92.2 Å². The maximum absolute atomic E-state index is 12.4. The predicted octanol–water partition coefficient (Wildman–Crippen LogP) is 2.25. The van der Waals surface area contributed by atoms with E-state index >= 15 is 0 Å². The summed E-state index contributed by atoms with van der Waals surface area (Å²) < 4.78 is 30.8. The number of hydrogen-bond donors (Lipinski definition) is 0. The highest BCUT2D eigenvalue weighted by molar-refractivity contribution is 5.73. The van der Waals surface area contributed by atoms with Gasteiger partial charge in [-0.2, -0.15) is 5.10 Å². The Bertz CT molecular complexity index is 377. The van der Waals surface area contributed by atoms with Gasteiger partial charge in [0, 0.05) is 5.69 Å². The van der Waals surface area contributed by atoms with Gasteiger partial charge in [-0.15, -0.1) is 0 Å². The fourth-order valence-corrected chi connectivity index (χ4v) is 1.37. The van der Waals surface area contributed by atoms with Crippen LogP contribution in [-0.4, -0.2) is 22.4 Å².